The van der Waals surface area contributed by atoms with Crippen LogP contribution in [0.5, 0.6) is 0 Å². The Bertz CT molecular complexity index is 608. The quantitative estimate of drug-likeness (QED) is 0.344. The van der Waals surface area contributed by atoms with Crippen molar-refractivity contribution in [1.29, 1.82) is 0 Å². The summed E-state index contributed by atoms with van der Waals surface area (Å²) in [5.41, 5.74) is 0.783. The molecule has 4 heteroatoms. The Morgan fingerprint density at radius 1 is 1.08 bits per heavy atom. The average molecular weight is 411 g/mol. The molecule has 1 saturated heterocycles. The zero-order valence-electron chi connectivity index (χ0n) is 15.7. The third-order valence-corrected chi connectivity index (χ3v) is 10.9. The van der Waals surface area contributed by atoms with Gasteiger partial charge in [0, 0.05) is 12.3 Å². The fourth-order valence-electron chi connectivity index (χ4n) is 7.84. The number of fused-ring (bicyclic) bond motifs is 7. The molecule has 5 fully saturated rings. The molecule has 9 atom stereocenters. The van der Waals surface area contributed by atoms with Crippen molar-refractivity contribution in [2.24, 2.45) is 34.5 Å². The van der Waals surface area contributed by atoms with Crippen LogP contribution in [0.2, 0.25) is 0 Å². The second kappa shape index (κ2) is 5.25. The van der Waals surface area contributed by atoms with E-state index in [0.29, 0.717) is 16.9 Å². The fraction of sp³-hybridized carbons (Fsp3) is 0.952. The highest BCUT2D eigenvalue weighted by molar-refractivity contribution is 9.10. The first-order chi connectivity index (χ1) is 11.8. The molecule has 4 saturated carbocycles. The van der Waals surface area contributed by atoms with Crippen LogP contribution in [0.25, 0.3) is 0 Å². The maximum atomic E-state index is 11.4. The molecule has 0 bridgehead atoms. The number of hydrogen-bond acceptors (Lipinski definition) is 3. The van der Waals surface area contributed by atoms with Crippen LogP contribution in [0.15, 0.2) is 0 Å². The summed E-state index contributed by atoms with van der Waals surface area (Å²) in [6.07, 6.45) is 10.6. The van der Waals surface area contributed by atoms with Gasteiger partial charge >= 0.3 is 5.97 Å². The van der Waals surface area contributed by atoms with Gasteiger partial charge in [0.2, 0.25) is 0 Å². The van der Waals surface area contributed by atoms with E-state index in [9.17, 15) is 4.79 Å². The predicted molar refractivity (Wildman–Crippen MR) is 99.2 cm³/mol. The molecule has 1 unspecified atom stereocenters. The van der Waals surface area contributed by atoms with Gasteiger partial charge in [-0.2, -0.15) is 0 Å². The zero-order chi connectivity index (χ0) is 17.6. The molecule has 0 aromatic carbocycles. The summed E-state index contributed by atoms with van der Waals surface area (Å²) in [6.45, 7) is 6.61. The summed E-state index contributed by atoms with van der Waals surface area (Å²) in [6, 6.07) is 0. The van der Waals surface area contributed by atoms with Crippen LogP contribution in [0.4, 0.5) is 0 Å². The van der Waals surface area contributed by atoms with Crippen molar-refractivity contribution >= 4 is 21.9 Å². The Morgan fingerprint density at radius 2 is 1.88 bits per heavy atom. The summed E-state index contributed by atoms with van der Waals surface area (Å²) in [5, 5.41) is 0. The molecule has 0 aromatic heterocycles. The standard InChI is InChI=1S/C21H31BrO3/c1-12(23)24-14-6-8-19(2)13(10-14)4-5-15-16(19)7-9-20(3)17(15)11-18-21(20,22)25-18/h13-18H,4-11H2,1-3H3/t13-,14-,15+,16-,17?,18+,19-,20-,21+/m0/s1. The lowest BCUT2D eigenvalue weighted by molar-refractivity contribution is -0.161. The number of hydrogen-bond donors (Lipinski definition) is 0. The smallest absolute Gasteiger partial charge is 0.302 e. The van der Waals surface area contributed by atoms with Gasteiger partial charge in [0.25, 0.3) is 0 Å². The summed E-state index contributed by atoms with van der Waals surface area (Å²) in [7, 11) is 0. The van der Waals surface area contributed by atoms with Gasteiger partial charge in [0.15, 0.2) is 4.51 Å². The number of rotatable bonds is 1. The lowest BCUT2D eigenvalue weighted by Gasteiger charge is -2.61. The third-order valence-electron chi connectivity index (χ3n) is 9.26. The highest BCUT2D eigenvalue weighted by atomic mass is 79.9. The van der Waals surface area contributed by atoms with Gasteiger partial charge in [-0.15, -0.1) is 0 Å². The largest absolute Gasteiger partial charge is 0.463 e. The number of halogens is 1. The molecule has 0 amide bonds. The minimum Gasteiger partial charge on any atom is -0.463 e. The molecule has 3 nitrogen and oxygen atoms in total. The monoisotopic (exact) mass is 410 g/mol. The lowest BCUT2D eigenvalue weighted by Crippen LogP contribution is -2.55. The van der Waals surface area contributed by atoms with Crippen LogP contribution >= 0.6 is 15.9 Å². The van der Waals surface area contributed by atoms with Gasteiger partial charge in [0.1, 0.15) is 6.10 Å². The fourth-order valence-corrected chi connectivity index (χ4v) is 8.75. The maximum absolute atomic E-state index is 11.4. The topological polar surface area (TPSA) is 38.8 Å². The first kappa shape index (κ1) is 17.0. The van der Waals surface area contributed by atoms with E-state index in [2.05, 4.69) is 29.8 Å². The highest BCUT2D eigenvalue weighted by Crippen LogP contribution is 2.75. The van der Waals surface area contributed by atoms with Crippen molar-refractivity contribution in [2.75, 3.05) is 0 Å². The number of carbonyl (C=O) groups is 1. The predicted octanol–water partition coefficient (Wildman–Crippen LogP) is 5.06. The van der Waals surface area contributed by atoms with E-state index in [1.807, 2.05) is 0 Å². The number of carbonyl (C=O) groups excluding carboxylic acids is 1. The first-order valence-electron chi connectivity index (χ1n) is 10.3. The molecular formula is C21H31BrO3. The molecular weight excluding hydrogens is 380 g/mol. The van der Waals surface area contributed by atoms with Crippen LogP contribution in [-0.2, 0) is 14.3 Å². The molecule has 0 radical (unpaired) electrons. The van der Waals surface area contributed by atoms with Crippen LogP contribution in [0.1, 0.15) is 72.1 Å². The molecule has 140 valence electrons. The van der Waals surface area contributed by atoms with E-state index in [0.717, 1.165) is 36.5 Å². The Labute approximate surface area is 159 Å². The van der Waals surface area contributed by atoms with Gasteiger partial charge < -0.3 is 9.47 Å². The van der Waals surface area contributed by atoms with E-state index >= 15 is 0 Å². The number of esters is 1. The van der Waals surface area contributed by atoms with Gasteiger partial charge in [-0.05, 0) is 80.5 Å². The number of ether oxygens (including phenoxy) is 2. The van der Waals surface area contributed by atoms with E-state index in [1.165, 1.54) is 38.5 Å². The lowest BCUT2D eigenvalue weighted by atomic mass is 9.45. The Morgan fingerprint density at radius 3 is 2.64 bits per heavy atom. The second-order valence-corrected chi connectivity index (χ2v) is 11.3. The van der Waals surface area contributed by atoms with Crippen molar-refractivity contribution in [2.45, 2.75) is 88.9 Å². The minimum atomic E-state index is -0.108. The van der Waals surface area contributed by atoms with E-state index in [-0.39, 0.29) is 16.6 Å². The van der Waals surface area contributed by atoms with E-state index < -0.39 is 0 Å². The Hall–Kier alpha value is -0.0900. The van der Waals surface area contributed by atoms with Crippen LogP contribution in [0, 0.1) is 34.5 Å². The SMILES string of the molecule is CC(=O)O[C@H]1CC[C@@]2(C)[C@@H](CC[C@H]3C4C[C@H]5O[C@@]5(Br)[C@@]4(C)CC[C@@H]32)C1. The van der Waals surface area contributed by atoms with Crippen molar-refractivity contribution in [3.63, 3.8) is 0 Å². The summed E-state index contributed by atoms with van der Waals surface area (Å²) >= 11 is 3.97. The molecule has 0 N–H and O–H groups in total. The second-order valence-electron chi connectivity index (χ2n) is 10.1. The van der Waals surface area contributed by atoms with Gasteiger partial charge in [0.05, 0.1) is 6.10 Å². The number of epoxide rings is 1. The van der Waals surface area contributed by atoms with Crippen molar-refractivity contribution < 1.29 is 14.3 Å². The normalized spacial score (nSPS) is 59.2. The number of alkyl halides is 1. The van der Waals surface area contributed by atoms with Crippen molar-refractivity contribution in [3.8, 4) is 0 Å². The molecule has 5 rings (SSSR count). The molecule has 5 aliphatic rings. The van der Waals surface area contributed by atoms with Crippen LogP contribution in [-0.4, -0.2) is 22.7 Å². The van der Waals surface area contributed by atoms with Gasteiger partial charge in [-0.3, -0.25) is 4.79 Å². The van der Waals surface area contributed by atoms with Crippen molar-refractivity contribution in [3.05, 3.63) is 0 Å². The Kier molecular flexibility index (Phi) is 3.58. The van der Waals surface area contributed by atoms with Crippen LogP contribution < -0.4 is 0 Å². The Balaban J connectivity index is 1.37. The molecule has 4 aliphatic carbocycles. The molecule has 0 spiro atoms. The molecule has 0 aromatic rings. The maximum Gasteiger partial charge on any atom is 0.302 e. The minimum absolute atomic E-state index is 0.000375. The van der Waals surface area contributed by atoms with E-state index in [4.69, 9.17) is 9.47 Å². The molecule has 1 aliphatic heterocycles. The third kappa shape index (κ3) is 2.16. The van der Waals surface area contributed by atoms with Gasteiger partial charge in [-0.1, -0.05) is 29.8 Å². The van der Waals surface area contributed by atoms with E-state index in [1.54, 1.807) is 6.92 Å². The van der Waals surface area contributed by atoms with Gasteiger partial charge in [-0.25, -0.2) is 0 Å². The molecule has 1 heterocycles. The van der Waals surface area contributed by atoms with Crippen molar-refractivity contribution in [1.82, 2.24) is 0 Å². The first-order valence-corrected chi connectivity index (χ1v) is 11.1. The molecule has 25 heavy (non-hydrogen) atoms. The summed E-state index contributed by atoms with van der Waals surface area (Å²) in [4.78, 5) is 11.4. The zero-order valence-corrected chi connectivity index (χ0v) is 17.3. The van der Waals surface area contributed by atoms with Crippen LogP contribution in [0.3, 0.4) is 0 Å². The summed E-state index contributed by atoms with van der Waals surface area (Å²) < 4.78 is 11.6. The average Bonchev–Trinajstić information content (AvgIpc) is 3.16. The highest BCUT2D eigenvalue weighted by Gasteiger charge is 2.76. The summed E-state index contributed by atoms with van der Waals surface area (Å²) in [5.74, 6) is 3.19.